The van der Waals surface area contributed by atoms with Gasteiger partial charge in [-0.25, -0.2) is 4.79 Å². The van der Waals surface area contributed by atoms with E-state index in [0.717, 1.165) is 11.1 Å². The Balaban J connectivity index is 1.56. The highest BCUT2D eigenvalue weighted by molar-refractivity contribution is 6.31. The van der Waals surface area contributed by atoms with Crippen molar-refractivity contribution >= 4 is 23.5 Å². The molecule has 36 heavy (non-hydrogen) atoms. The summed E-state index contributed by atoms with van der Waals surface area (Å²) in [7, 11) is 1.29. The SMILES string of the molecule is COC(=O)[C@H](Cc1ccccc1)NC(=O)c1ccc(CCN[C@@H](C)[C@H](O)c2ccc(O)cc2)c(Cl)c1. The van der Waals surface area contributed by atoms with Crippen molar-refractivity contribution in [3.8, 4) is 5.75 Å². The molecule has 0 saturated heterocycles. The average molecular weight is 511 g/mol. The Hall–Kier alpha value is -3.39. The predicted molar refractivity (Wildman–Crippen MR) is 139 cm³/mol. The van der Waals surface area contributed by atoms with Crippen molar-refractivity contribution in [1.82, 2.24) is 10.6 Å². The summed E-state index contributed by atoms with van der Waals surface area (Å²) < 4.78 is 4.86. The second-order valence-electron chi connectivity index (χ2n) is 8.57. The number of hydrogen-bond acceptors (Lipinski definition) is 6. The zero-order chi connectivity index (χ0) is 26.1. The van der Waals surface area contributed by atoms with Crippen LogP contribution < -0.4 is 10.6 Å². The molecule has 0 spiro atoms. The van der Waals surface area contributed by atoms with Crippen LogP contribution in [0.2, 0.25) is 5.02 Å². The number of amides is 1. The summed E-state index contributed by atoms with van der Waals surface area (Å²) in [5.41, 5.74) is 2.80. The minimum absolute atomic E-state index is 0.148. The standard InChI is InChI=1S/C28H31ClN2O5/c1-18(26(33)21-10-12-23(32)13-11-21)30-15-14-20-8-9-22(17-24(20)29)27(34)31-25(28(35)36-2)16-19-6-4-3-5-7-19/h3-13,17-18,25-26,30,32-33H,14-16H2,1-2H3,(H,31,34)/t18-,25-,26-/m0/s1. The smallest absolute Gasteiger partial charge is 0.328 e. The second-order valence-corrected chi connectivity index (χ2v) is 8.98. The molecule has 3 atom stereocenters. The lowest BCUT2D eigenvalue weighted by molar-refractivity contribution is -0.142. The first-order valence-corrected chi connectivity index (χ1v) is 12.1. The molecule has 0 aliphatic heterocycles. The maximum absolute atomic E-state index is 12.8. The van der Waals surface area contributed by atoms with Crippen LogP contribution in [-0.4, -0.2) is 47.8 Å². The number of phenols is 1. The molecule has 0 heterocycles. The van der Waals surface area contributed by atoms with Gasteiger partial charge in [0.15, 0.2) is 0 Å². The van der Waals surface area contributed by atoms with Gasteiger partial charge in [0, 0.05) is 23.0 Å². The van der Waals surface area contributed by atoms with Gasteiger partial charge >= 0.3 is 5.97 Å². The zero-order valence-electron chi connectivity index (χ0n) is 20.3. The Morgan fingerprint density at radius 3 is 2.36 bits per heavy atom. The number of ether oxygens (including phenoxy) is 1. The molecule has 0 aliphatic carbocycles. The molecule has 0 aliphatic rings. The first kappa shape index (κ1) is 27.2. The van der Waals surface area contributed by atoms with E-state index in [9.17, 15) is 19.8 Å². The Bertz CT molecular complexity index is 1150. The van der Waals surface area contributed by atoms with Crippen LogP contribution in [0.5, 0.6) is 5.75 Å². The van der Waals surface area contributed by atoms with Crippen LogP contribution in [0.15, 0.2) is 72.8 Å². The Morgan fingerprint density at radius 2 is 1.72 bits per heavy atom. The maximum Gasteiger partial charge on any atom is 0.328 e. The van der Waals surface area contributed by atoms with Crippen LogP contribution >= 0.6 is 11.6 Å². The molecule has 3 rings (SSSR count). The minimum Gasteiger partial charge on any atom is -0.508 e. The number of rotatable bonds is 11. The van der Waals surface area contributed by atoms with Gasteiger partial charge in [0.2, 0.25) is 0 Å². The van der Waals surface area contributed by atoms with E-state index in [-0.39, 0.29) is 11.8 Å². The molecule has 0 radical (unpaired) electrons. The summed E-state index contributed by atoms with van der Waals surface area (Å²) in [6.07, 6.45) is 0.169. The normalized spacial score (nSPS) is 13.4. The van der Waals surface area contributed by atoms with Crippen LogP contribution in [0.3, 0.4) is 0 Å². The van der Waals surface area contributed by atoms with Crippen LogP contribution in [-0.2, 0) is 22.4 Å². The van der Waals surface area contributed by atoms with Gasteiger partial charge in [0.1, 0.15) is 11.8 Å². The molecule has 4 N–H and O–H groups in total. The fourth-order valence-corrected chi connectivity index (χ4v) is 4.10. The van der Waals surface area contributed by atoms with Crippen LogP contribution in [0.1, 0.15) is 40.1 Å². The first-order chi connectivity index (χ1) is 17.3. The molecule has 3 aromatic rings. The first-order valence-electron chi connectivity index (χ1n) is 11.7. The van der Waals surface area contributed by atoms with E-state index in [4.69, 9.17) is 16.3 Å². The Morgan fingerprint density at radius 1 is 1.03 bits per heavy atom. The summed E-state index contributed by atoms with van der Waals surface area (Å²) >= 11 is 6.45. The molecule has 0 unspecified atom stereocenters. The molecule has 8 heteroatoms. The lowest BCUT2D eigenvalue weighted by atomic mass is 10.0. The number of phenolic OH excluding ortho intramolecular Hbond substituents is 1. The van der Waals surface area contributed by atoms with E-state index in [1.54, 1.807) is 30.3 Å². The highest BCUT2D eigenvalue weighted by Crippen LogP contribution is 2.21. The largest absolute Gasteiger partial charge is 0.508 e. The van der Waals surface area contributed by atoms with E-state index in [2.05, 4.69) is 10.6 Å². The van der Waals surface area contributed by atoms with Gasteiger partial charge in [-0.15, -0.1) is 0 Å². The third-order valence-corrected chi connectivity index (χ3v) is 6.31. The van der Waals surface area contributed by atoms with E-state index < -0.39 is 24.0 Å². The number of carbonyl (C=O) groups excluding carboxylic acids is 2. The average Bonchev–Trinajstić information content (AvgIpc) is 2.89. The number of aliphatic hydroxyl groups excluding tert-OH is 1. The number of benzene rings is 3. The molecule has 0 saturated carbocycles. The summed E-state index contributed by atoms with van der Waals surface area (Å²) in [5.74, 6) is -0.793. The molecule has 0 bridgehead atoms. The fourth-order valence-electron chi connectivity index (χ4n) is 3.82. The van der Waals surface area contributed by atoms with E-state index >= 15 is 0 Å². The minimum atomic E-state index is -0.825. The fraction of sp³-hybridized carbons (Fsp3) is 0.286. The van der Waals surface area contributed by atoms with Gasteiger partial charge in [0.25, 0.3) is 5.91 Å². The van der Waals surface area contributed by atoms with Crippen molar-refractivity contribution in [3.63, 3.8) is 0 Å². The molecule has 7 nitrogen and oxygen atoms in total. The van der Waals surface area contributed by atoms with Crippen molar-refractivity contribution in [2.75, 3.05) is 13.7 Å². The Kier molecular flexibility index (Phi) is 9.87. The number of methoxy groups -OCH3 is 1. The van der Waals surface area contributed by atoms with E-state index in [1.165, 1.54) is 19.2 Å². The summed E-state index contributed by atoms with van der Waals surface area (Å²) in [6.45, 7) is 2.43. The van der Waals surface area contributed by atoms with Crippen molar-refractivity contribution in [2.45, 2.75) is 38.0 Å². The Labute approximate surface area is 216 Å². The molecule has 3 aromatic carbocycles. The van der Waals surface area contributed by atoms with Crippen molar-refractivity contribution in [2.24, 2.45) is 0 Å². The maximum atomic E-state index is 12.8. The van der Waals surface area contributed by atoms with Gasteiger partial charge in [-0.1, -0.05) is 60.1 Å². The number of aliphatic hydroxyl groups is 1. The van der Waals surface area contributed by atoms with Gasteiger partial charge in [0.05, 0.1) is 13.2 Å². The number of hydrogen-bond donors (Lipinski definition) is 4. The third kappa shape index (κ3) is 7.55. The quantitative estimate of drug-likeness (QED) is 0.292. The second kappa shape index (κ2) is 13.1. The summed E-state index contributed by atoms with van der Waals surface area (Å²) in [5, 5.41) is 26.4. The lowest BCUT2D eigenvalue weighted by Crippen LogP contribution is -2.43. The van der Waals surface area contributed by atoms with Crippen molar-refractivity contribution in [3.05, 3.63) is 100 Å². The van der Waals surface area contributed by atoms with Crippen LogP contribution in [0, 0.1) is 0 Å². The molecule has 190 valence electrons. The van der Waals surface area contributed by atoms with Gasteiger partial charge in [-0.05, 0) is 60.8 Å². The van der Waals surface area contributed by atoms with Gasteiger partial charge in [-0.2, -0.15) is 0 Å². The molecule has 0 fully saturated rings. The van der Waals surface area contributed by atoms with Gasteiger partial charge < -0.3 is 25.6 Å². The third-order valence-electron chi connectivity index (χ3n) is 5.96. The molecule has 1 amide bonds. The van der Waals surface area contributed by atoms with Crippen molar-refractivity contribution < 1.29 is 24.5 Å². The number of nitrogens with one attached hydrogen (secondary N) is 2. The molecule has 0 aromatic heterocycles. The van der Waals surface area contributed by atoms with E-state index in [0.29, 0.717) is 35.5 Å². The van der Waals surface area contributed by atoms with Crippen LogP contribution in [0.4, 0.5) is 0 Å². The molecular formula is C28H31ClN2O5. The predicted octanol–water partition coefficient (Wildman–Crippen LogP) is 3.81. The summed E-state index contributed by atoms with van der Waals surface area (Å²) in [6, 6.07) is 19.8. The highest BCUT2D eigenvalue weighted by Gasteiger charge is 2.23. The van der Waals surface area contributed by atoms with Crippen molar-refractivity contribution in [1.29, 1.82) is 0 Å². The summed E-state index contributed by atoms with van der Waals surface area (Å²) in [4.78, 5) is 25.1. The number of esters is 1. The van der Waals surface area contributed by atoms with Crippen LogP contribution in [0.25, 0.3) is 0 Å². The zero-order valence-corrected chi connectivity index (χ0v) is 21.0. The lowest BCUT2D eigenvalue weighted by Gasteiger charge is -2.21. The topological polar surface area (TPSA) is 108 Å². The molecular weight excluding hydrogens is 480 g/mol. The monoisotopic (exact) mass is 510 g/mol. The van der Waals surface area contributed by atoms with E-state index in [1.807, 2.05) is 37.3 Å². The van der Waals surface area contributed by atoms with Gasteiger partial charge in [-0.3, -0.25) is 4.79 Å². The number of carbonyl (C=O) groups is 2. The number of halogens is 1. The highest BCUT2D eigenvalue weighted by atomic mass is 35.5. The number of aromatic hydroxyl groups is 1.